The molecule has 1 fully saturated rings. The highest BCUT2D eigenvalue weighted by atomic mass is 19.1. The molecule has 8 heteroatoms. The Kier molecular flexibility index (Phi) is 8.30. The molecule has 1 saturated heterocycles. The summed E-state index contributed by atoms with van der Waals surface area (Å²) >= 11 is 0. The molecule has 1 atom stereocenters. The van der Waals surface area contributed by atoms with Crippen LogP contribution in [-0.4, -0.2) is 60.4 Å². The summed E-state index contributed by atoms with van der Waals surface area (Å²) in [5.74, 6) is 0.584. The summed E-state index contributed by atoms with van der Waals surface area (Å²) in [5.41, 5.74) is 2.20. The second-order valence-corrected chi connectivity index (χ2v) is 8.95. The number of piperazine rings is 1. The van der Waals surface area contributed by atoms with Crippen molar-refractivity contribution in [2.45, 2.75) is 19.9 Å². The van der Waals surface area contributed by atoms with Crippen LogP contribution in [-0.2, 0) is 9.59 Å². The molecular weight excluding hydrogens is 459 g/mol. The molecule has 0 radical (unpaired) electrons. The molecule has 36 heavy (non-hydrogen) atoms. The number of carbonyl (C=O) groups is 2. The molecule has 0 bridgehead atoms. The van der Waals surface area contributed by atoms with Crippen LogP contribution in [0.25, 0.3) is 0 Å². The fourth-order valence-electron chi connectivity index (χ4n) is 4.07. The van der Waals surface area contributed by atoms with Gasteiger partial charge >= 0.3 is 0 Å². The van der Waals surface area contributed by atoms with Crippen LogP contribution >= 0.6 is 0 Å². The van der Waals surface area contributed by atoms with E-state index < -0.39 is 5.82 Å². The van der Waals surface area contributed by atoms with Crippen molar-refractivity contribution in [2.24, 2.45) is 0 Å². The van der Waals surface area contributed by atoms with E-state index in [-0.39, 0.29) is 24.4 Å². The Balaban J connectivity index is 1.26. The summed E-state index contributed by atoms with van der Waals surface area (Å²) in [6.45, 7) is 6.72. The van der Waals surface area contributed by atoms with E-state index in [2.05, 4.69) is 20.4 Å². The van der Waals surface area contributed by atoms with Crippen molar-refractivity contribution < 1.29 is 18.7 Å². The van der Waals surface area contributed by atoms with Crippen molar-refractivity contribution in [3.05, 3.63) is 84.2 Å². The number of aryl methyl sites for hydroxylation is 1. The van der Waals surface area contributed by atoms with Gasteiger partial charge in [0.05, 0.1) is 18.3 Å². The Morgan fingerprint density at radius 3 is 2.39 bits per heavy atom. The fourth-order valence-corrected chi connectivity index (χ4v) is 4.07. The van der Waals surface area contributed by atoms with Crippen LogP contribution in [0.5, 0.6) is 11.5 Å². The van der Waals surface area contributed by atoms with Crippen molar-refractivity contribution in [2.75, 3.05) is 43.4 Å². The Bertz CT molecular complexity index is 1190. The van der Waals surface area contributed by atoms with Crippen LogP contribution in [0.1, 0.15) is 12.5 Å². The lowest BCUT2D eigenvalue weighted by Crippen LogP contribution is -2.53. The molecule has 2 N–H and O–H groups in total. The Morgan fingerprint density at radius 2 is 1.67 bits per heavy atom. The molecular formula is C28H31FN4O3. The standard InChI is InChI=1S/C28H31FN4O3/c1-20-10-12-24(13-11-20)36-26-9-4-3-8-25(26)31-27(34)19-32-14-16-33(17-15-32)21(2)28(35)30-23-7-5-6-22(29)18-23/h3-13,18,21H,14-17,19H2,1-2H3,(H,30,35)(H,31,34). The van der Waals surface area contributed by atoms with Crippen LogP contribution in [0.2, 0.25) is 0 Å². The smallest absolute Gasteiger partial charge is 0.241 e. The molecule has 1 unspecified atom stereocenters. The van der Waals surface area contributed by atoms with Crippen LogP contribution in [0.4, 0.5) is 15.8 Å². The fraction of sp³-hybridized carbons (Fsp3) is 0.286. The number of carbonyl (C=O) groups excluding carboxylic acids is 2. The summed E-state index contributed by atoms with van der Waals surface area (Å²) in [4.78, 5) is 29.5. The van der Waals surface area contributed by atoms with Gasteiger partial charge in [0.1, 0.15) is 11.6 Å². The summed E-state index contributed by atoms with van der Waals surface area (Å²) < 4.78 is 19.4. The average Bonchev–Trinajstić information content (AvgIpc) is 2.86. The van der Waals surface area contributed by atoms with Gasteiger partial charge in [-0.25, -0.2) is 4.39 Å². The average molecular weight is 491 g/mol. The molecule has 0 aliphatic carbocycles. The van der Waals surface area contributed by atoms with Gasteiger partial charge in [0.25, 0.3) is 0 Å². The quantitative estimate of drug-likeness (QED) is 0.486. The summed E-state index contributed by atoms with van der Waals surface area (Å²) in [6.07, 6.45) is 0. The second-order valence-electron chi connectivity index (χ2n) is 8.95. The van der Waals surface area contributed by atoms with Crippen molar-refractivity contribution in [3.63, 3.8) is 0 Å². The Hall–Kier alpha value is -3.75. The molecule has 1 aliphatic heterocycles. The maximum atomic E-state index is 13.4. The lowest BCUT2D eigenvalue weighted by Gasteiger charge is -2.37. The largest absolute Gasteiger partial charge is 0.455 e. The maximum Gasteiger partial charge on any atom is 0.241 e. The number of hydrogen-bond acceptors (Lipinski definition) is 5. The Morgan fingerprint density at radius 1 is 0.944 bits per heavy atom. The monoisotopic (exact) mass is 490 g/mol. The number of halogens is 1. The zero-order valence-corrected chi connectivity index (χ0v) is 20.5. The molecule has 0 spiro atoms. The number of rotatable bonds is 8. The van der Waals surface area contributed by atoms with Crippen LogP contribution in [0.3, 0.4) is 0 Å². The highest BCUT2D eigenvalue weighted by Gasteiger charge is 2.26. The van der Waals surface area contributed by atoms with E-state index in [1.807, 2.05) is 62.4 Å². The highest BCUT2D eigenvalue weighted by Crippen LogP contribution is 2.29. The molecule has 7 nitrogen and oxygen atoms in total. The van der Waals surface area contributed by atoms with Crippen molar-refractivity contribution in [3.8, 4) is 11.5 Å². The number of nitrogens with zero attached hydrogens (tertiary/aromatic N) is 2. The number of benzene rings is 3. The normalized spacial score (nSPS) is 15.2. The van der Waals surface area contributed by atoms with Gasteiger partial charge in [-0.15, -0.1) is 0 Å². The first-order chi connectivity index (χ1) is 17.4. The molecule has 0 aromatic heterocycles. The highest BCUT2D eigenvalue weighted by molar-refractivity contribution is 5.95. The van der Waals surface area contributed by atoms with Gasteiger partial charge in [0.15, 0.2) is 5.75 Å². The van der Waals surface area contributed by atoms with Gasteiger partial charge in [0.2, 0.25) is 11.8 Å². The minimum Gasteiger partial charge on any atom is -0.455 e. The molecule has 1 heterocycles. The van der Waals surface area contributed by atoms with E-state index in [0.717, 1.165) is 5.56 Å². The first kappa shape index (κ1) is 25.3. The number of hydrogen-bond donors (Lipinski definition) is 2. The lowest BCUT2D eigenvalue weighted by molar-refractivity contribution is -0.122. The first-order valence-electron chi connectivity index (χ1n) is 12.0. The predicted molar refractivity (Wildman–Crippen MR) is 139 cm³/mol. The second kappa shape index (κ2) is 11.8. The zero-order chi connectivity index (χ0) is 25.5. The van der Waals surface area contributed by atoms with Gasteiger partial charge in [-0.2, -0.15) is 0 Å². The lowest BCUT2D eigenvalue weighted by atomic mass is 10.2. The van der Waals surface area contributed by atoms with Crippen molar-refractivity contribution in [1.29, 1.82) is 0 Å². The van der Waals surface area contributed by atoms with E-state index in [9.17, 15) is 14.0 Å². The number of nitrogens with one attached hydrogen (secondary N) is 2. The minimum absolute atomic E-state index is 0.125. The van der Waals surface area contributed by atoms with Gasteiger partial charge in [-0.1, -0.05) is 35.9 Å². The van der Waals surface area contributed by atoms with Gasteiger partial charge < -0.3 is 15.4 Å². The maximum absolute atomic E-state index is 13.4. The molecule has 188 valence electrons. The van der Waals surface area contributed by atoms with Crippen LogP contribution < -0.4 is 15.4 Å². The third-order valence-electron chi connectivity index (χ3n) is 6.20. The molecule has 0 saturated carbocycles. The number of ether oxygens (including phenoxy) is 1. The summed E-state index contributed by atoms with van der Waals surface area (Å²) in [7, 11) is 0. The Labute approximate surface area is 210 Å². The van der Waals surface area contributed by atoms with Crippen LogP contribution in [0, 0.1) is 12.7 Å². The number of amides is 2. The number of para-hydroxylation sites is 2. The van der Waals surface area contributed by atoms with E-state index in [0.29, 0.717) is 49.1 Å². The summed E-state index contributed by atoms with van der Waals surface area (Å²) in [5, 5.41) is 5.73. The van der Waals surface area contributed by atoms with E-state index in [1.54, 1.807) is 12.1 Å². The molecule has 4 rings (SSSR count). The van der Waals surface area contributed by atoms with E-state index >= 15 is 0 Å². The topological polar surface area (TPSA) is 73.9 Å². The molecule has 3 aromatic rings. The van der Waals surface area contributed by atoms with Crippen LogP contribution in [0.15, 0.2) is 72.8 Å². The third-order valence-corrected chi connectivity index (χ3v) is 6.20. The SMILES string of the molecule is Cc1ccc(Oc2ccccc2NC(=O)CN2CCN(C(C)C(=O)Nc3cccc(F)c3)CC2)cc1. The third kappa shape index (κ3) is 6.90. The molecule has 3 aromatic carbocycles. The van der Waals surface area contributed by atoms with Gasteiger partial charge in [0, 0.05) is 31.9 Å². The van der Waals surface area contributed by atoms with Gasteiger partial charge in [-0.05, 0) is 56.3 Å². The minimum atomic E-state index is -0.392. The summed E-state index contributed by atoms with van der Waals surface area (Å²) in [6, 6.07) is 20.6. The van der Waals surface area contributed by atoms with E-state index in [4.69, 9.17) is 4.74 Å². The zero-order valence-electron chi connectivity index (χ0n) is 20.5. The van der Waals surface area contributed by atoms with Gasteiger partial charge in [-0.3, -0.25) is 19.4 Å². The van der Waals surface area contributed by atoms with Crippen molar-refractivity contribution >= 4 is 23.2 Å². The molecule has 2 amide bonds. The first-order valence-corrected chi connectivity index (χ1v) is 12.0. The van der Waals surface area contributed by atoms with E-state index in [1.165, 1.54) is 12.1 Å². The molecule has 1 aliphatic rings. The predicted octanol–water partition coefficient (Wildman–Crippen LogP) is 4.51. The number of anilines is 2. The van der Waals surface area contributed by atoms with Crippen molar-refractivity contribution in [1.82, 2.24) is 9.80 Å².